The Bertz CT molecular complexity index is 852. The van der Waals surface area contributed by atoms with Crippen molar-refractivity contribution in [3.8, 4) is 0 Å². The SMILES string of the molecule is C=CC(OS(=O)(=O)c1ccc(C)cc1)C(C)(O)C(=O)c1ccccc1. The van der Waals surface area contributed by atoms with Gasteiger partial charge in [0.05, 0.1) is 4.90 Å². The van der Waals surface area contributed by atoms with E-state index < -0.39 is 27.6 Å². The van der Waals surface area contributed by atoms with Crippen LogP contribution in [0.3, 0.4) is 0 Å². The molecule has 0 aliphatic carbocycles. The lowest BCUT2D eigenvalue weighted by Gasteiger charge is -2.28. The van der Waals surface area contributed by atoms with Crippen molar-refractivity contribution in [3.63, 3.8) is 0 Å². The van der Waals surface area contributed by atoms with Gasteiger partial charge in [0.2, 0.25) is 0 Å². The lowest BCUT2D eigenvalue weighted by molar-refractivity contribution is -0.00728. The first-order valence-electron chi connectivity index (χ1n) is 7.63. The van der Waals surface area contributed by atoms with Crippen LogP contribution in [0.2, 0.25) is 0 Å². The molecule has 2 unspecified atom stereocenters. The third-order valence-corrected chi connectivity index (χ3v) is 5.11. The summed E-state index contributed by atoms with van der Waals surface area (Å²) in [7, 11) is -4.17. The Hall–Kier alpha value is -2.28. The highest BCUT2D eigenvalue weighted by Gasteiger charge is 2.41. The lowest BCUT2D eigenvalue weighted by atomic mass is 9.89. The van der Waals surface area contributed by atoms with E-state index in [1.54, 1.807) is 30.3 Å². The standard InChI is InChI=1S/C19H20O5S/c1-4-17(19(3,21)18(20)15-8-6-5-7-9-15)24-25(22,23)16-12-10-14(2)11-13-16/h4-13,17,21H,1H2,2-3H3. The fourth-order valence-corrected chi connectivity index (χ4v) is 3.39. The molecule has 0 aliphatic rings. The van der Waals surface area contributed by atoms with Crippen molar-refractivity contribution < 1.29 is 22.5 Å². The van der Waals surface area contributed by atoms with Gasteiger partial charge in [0.15, 0.2) is 11.4 Å². The number of ketones is 1. The molecule has 2 rings (SSSR count). The third-order valence-electron chi connectivity index (χ3n) is 3.80. The fourth-order valence-electron chi connectivity index (χ4n) is 2.27. The molecule has 25 heavy (non-hydrogen) atoms. The van der Waals surface area contributed by atoms with E-state index in [9.17, 15) is 18.3 Å². The topological polar surface area (TPSA) is 80.7 Å². The molecule has 0 saturated heterocycles. The van der Waals surface area contributed by atoms with Crippen molar-refractivity contribution in [1.29, 1.82) is 0 Å². The Morgan fingerprint density at radius 3 is 2.24 bits per heavy atom. The van der Waals surface area contributed by atoms with Gasteiger partial charge in [-0.25, -0.2) is 0 Å². The maximum atomic E-state index is 12.6. The number of aryl methyl sites for hydroxylation is 1. The summed E-state index contributed by atoms with van der Waals surface area (Å²) < 4.78 is 30.0. The Morgan fingerprint density at radius 1 is 1.16 bits per heavy atom. The number of benzene rings is 2. The molecule has 2 aromatic rings. The van der Waals surface area contributed by atoms with Crippen LogP contribution in [0, 0.1) is 6.92 Å². The van der Waals surface area contributed by atoms with Gasteiger partial charge >= 0.3 is 0 Å². The molecule has 0 fully saturated rings. The molecule has 0 amide bonds. The molecule has 0 radical (unpaired) electrons. The number of carbonyl (C=O) groups excluding carboxylic acids is 1. The summed E-state index contributed by atoms with van der Waals surface area (Å²) in [4.78, 5) is 12.5. The monoisotopic (exact) mass is 360 g/mol. The minimum atomic E-state index is -4.17. The zero-order chi connectivity index (χ0) is 18.7. The maximum Gasteiger partial charge on any atom is 0.297 e. The average Bonchev–Trinajstić information content (AvgIpc) is 2.60. The van der Waals surface area contributed by atoms with Crippen LogP contribution in [-0.4, -0.2) is 31.0 Å². The Balaban J connectivity index is 2.30. The van der Waals surface area contributed by atoms with Gasteiger partial charge in [-0.1, -0.05) is 54.1 Å². The third kappa shape index (κ3) is 4.22. The largest absolute Gasteiger partial charge is 0.379 e. The Labute approximate surface area is 147 Å². The van der Waals surface area contributed by atoms with Crippen molar-refractivity contribution in [2.75, 3.05) is 0 Å². The van der Waals surface area contributed by atoms with Crippen LogP contribution in [0.4, 0.5) is 0 Å². The van der Waals surface area contributed by atoms with Gasteiger partial charge in [0.1, 0.15) is 6.10 Å². The van der Waals surface area contributed by atoms with Crippen LogP contribution in [0.15, 0.2) is 72.1 Å². The number of carbonyl (C=O) groups is 1. The Kier molecular flexibility index (Phi) is 5.57. The zero-order valence-electron chi connectivity index (χ0n) is 14.0. The molecule has 0 aromatic heterocycles. The molecule has 0 spiro atoms. The smallest absolute Gasteiger partial charge is 0.297 e. The molecular formula is C19H20O5S. The molecule has 2 aromatic carbocycles. The van der Waals surface area contributed by atoms with Crippen molar-refractivity contribution in [2.24, 2.45) is 0 Å². The molecule has 6 heteroatoms. The number of Topliss-reactive ketones (excluding diaryl/α,β-unsaturated/α-hetero) is 1. The van der Waals surface area contributed by atoms with E-state index in [1.165, 1.54) is 31.2 Å². The van der Waals surface area contributed by atoms with Crippen LogP contribution < -0.4 is 0 Å². The first kappa shape index (κ1) is 19.1. The predicted molar refractivity (Wildman–Crippen MR) is 94.8 cm³/mol. The average molecular weight is 360 g/mol. The predicted octanol–water partition coefficient (Wildman–Crippen LogP) is 2.89. The van der Waals surface area contributed by atoms with E-state index in [4.69, 9.17) is 4.18 Å². The minimum absolute atomic E-state index is 0.0621. The fraction of sp³-hybridized carbons (Fsp3) is 0.211. The van der Waals surface area contributed by atoms with E-state index in [1.807, 2.05) is 6.92 Å². The van der Waals surface area contributed by atoms with Crippen LogP contribution >= 0.6 is 0 Å². The van der Waals surface area contributed by atoms with Crippen LogP contribution in [0.25, 0.3) is 0 Å². The first-order valence-corrected chi connectivity index (χ1v) is 9.04. The highest BCUT2D eigenvalue weighted by molar-refractivity contribution is 7.86. The molecule has 1 N–H and O–H groups in total. The number of hydrogen-bond donors (Lipinski definition) is 1. The summed E-state index contributed by atoms with van der Waals surface area (Å²) in [5.41, 5.74) is -0.956. The summed E-state index contributed by atoms with van der Waals surface area (Å²) in [6.45, 7) is 6.53. The quantitative estimate of drug-likeness (QED) is 0.466. The van der Waals surface area contributed by atoms with E-state index in [0.717, 1.165) is 11.6 Å². The van der Waals surface area contributed by atoms with E-state index in [-0.39, 0.29) is 10.5 Å². The van der Waals surface area contributed by atoms with Crippen molar-refractivity contribution in [3.05, 3.63) is 78.4 Å². The summed E-state index contributed by atoms with van der Waals surface area (Å²) in [6.07, 6.45) is -0.335. The molecule has 132 valence electrons. The number of rotatable bonds is 7. The van der Waals surface area contributed by atoms with Crippen LogP contribution in [0.1, 0.15) is 22.8 Å². The van der Waals surface area contributed by atoms with Gasteiger partial charge in [0.25, 0.3) is 10.1 Å². The van der Waals surface area contributed by atoms with Gasteiger partial charge < -0.3 is 5.11 Å². The normalized spacial score (nSPS) is 15.2. The molecular weight excluding hydrogens is 340 g/mol. The van der Waals surface area contributed by atoms with E-state index in [2.05, 4.69) is 6.58 Å². The summed E-state index contributed by atoms with van der Waals surface area (Å²) in [6, 6.07) is 14.2. The second kappa shape index (κ2) is 7.31. The highest BCUT2D eigenvalue weighted by Crippen LogP contribution is 2.25. The van der Waals surface area contributed by atoms with Crippen LogP contribution in [0.5, 0.6) is 0 Å². The number of hydrogen-bond acceptors (Lipinski definition) is 5. The van der Waals surface area contributed by atoms with Crippen molar-refractivity contribution >= 4 is 15.9 Å². The lowest BCUT2D eigenvalue weighted by Crippen LogP contribution is -2.48. The van der Waals surface area contributed by atoms with Crippen LogP contribution in [-0.2, 0) is 14.3 Å². The molecule has 5 nitrogen and oxygen atoms in total. The first-order chi connectivity index (χ1) is 11.7. The molecule has 2 atom stereocenters. The molecule has 0 bridgehead atoms. The summed E-state index contributed by atoms with van der Waals surface area (Å²) in [5, 5.41) is 10.6. The van der Waals surface area contributed by atoms with Crippen molar-refractivity contribution in [1.82, 2.24) is 0 Å². The summed E-state index contributed by atoms with van der Waals surface area (Å²) in [5.74, 6) is -0.655. The van der Waals surface area contributed by atoms with Gasteiger partial charge in [-0.15, -0.1) is 6.58 Å². The highest BCUT2D eigenvalue weighted by atomic mass is 32.2. The van der Waals surface area contributed by atoms with Gasteiger partial charge in [0, 0.05) is 5.56 Å². The van der Waals surface area contributed by atoms with Gasteiger partial charge in [-0.05, 0) is 26.0 Å². The second-order valence-corrected chi connectivity index (χ2v) is 7.43. The minimum Gasteiger partial charge on any atom is -0.379 e. The van der Waals surface area contributed by atoms with Crippen molar-refractivity contribution in [2.45, 2.75) is 30.4 Å². The number of aliphatic hydroxyl groups is 1. The molecule has 0 saturated carbocycles. The second-order valence-electron chi connectivity index (χ2n) is 5.86. The maximum absolute atomic E-state index is 12.6. The van der Waals surface area contributed by atoms with Gasteiger partial charge in [-0.3, -0.25) is 8.98 Å². The van der Waals surface area contributed by atoms with E-state index in [0.29, 0.717) is 0 Å². The summed E-state index contributed by atoms with van der Waals surface area (Å²) >= 11 is 0. The molecule has 0 aliphatic heterocycles. The zero-order valence-corrected chi connectivity index (χ0v) is 14.9. The van der Waals surface area contributed by atoms with E-state index >= 15 is 0 Å². The van der Waals surface area contributed by atoms with Gasteiger partial charge in [-0.2, -0.15) is 8.42 Å². The Morgan fingerprint density at radius 2 is 1.72 bits per heavy atom. The molecule has 0 heterocycles.